The molecule has 0 aliphatic heterocycles. The quantitative estimate of drug-likeness (QED) is 0.805. The highest BCUT2D eigenvalue weighted by molar-refractivity contribution is 5.83. The van der Waals surface area contributed by atoms with Gasteiger partial charge >= 0.3 is 5.97 Å². The second-order valence-electron chi connectivity index (χ2n) is 4.70. The van der Waals surface area contributed by atoms with Crippen LogP contribution in [0.4, 0.5) is 0 Å². The molecule has 1 aliphatic carbocycles. The molecule has 3 heteroatoms. The van der Waals surface area contributed by atoms with Gasteiger partial charge in [0.1, 0.15) is 5.75 Å². The van der Waals surface area contributed by atoms with Gasteiger partial charge < -0.3 is 10.2 Å². The summed E-state index contributed by atoms with van der Waals surface area (Å²) in [5, 5.41) is 19.0. The van der Waals surface area contributed by atoms with E-state index in [0.717, 1.165) is 23.1 Å². The fourth-order valence-corrected chi connectivity index (χ4v) is 2.39. The Morgan fingerprint density at radius 2 is 1.75 bits per heavy atom. The zero-order valence-electron chi connectivity index (χ0n) is 9.58. The van der Waals surface area contributed by atoms with Gasteiger partial charge in [-0.3, -0.25) is 4.79 Å². The lowest BCUT2D eigenvalue weighted by Crippen LogP contribution is -2.42. The molecular formula is C13H16O3. The summed E-state index contributed by atoms with van der Waals surface area (Å²) in [6, 6.07) is 3.60. The summed E-state index contributed by atoms with van der Waals surface area (Å²) in [5.74, 6) is -0.480. The molecule has 3 nitrogen and oxygen atoms in total. The summed E-state index contributed by atoms with van der Waals surface area (Å²) in [4.78, 5) is 11.3. The summed E-state index contributed by atoms with van der Waals surface area (Å²) in [7, 11) is 0. The van der Waals surface area contributed by atoms with Crippen LogP contribution < -0.4 is 0 Å². The van der Waals surface area contributed by atoms with Gasteiger partial charge in [0.25, 0.3) is 0 Å². The number of phenols is 1. The van der Waals surface area contributed by atoms with Crippen molar-refractivity contribution in [3.63, 3.8) is 0 Å². The van der Waals surface area contributed by atoms with Crippen LogP contribution in [-0.2, 0) is 10.2 Å². The summed E-state index contributed by atoms with van der Waals surface area (Å²) in [5.41, 5.74) is 1.63. The summed E-state index contributed by atoms with van der Waals surface area (Å²) >= 11 is 0. The van der Waals surface area contributed by atoms with Crippen molar-refractivity contribution in [1.82, 2.24) is 0 Å². The number of aliphatic carboxylic acids is 1. The number of carboxylic acids is 1. The zero-order valence-corrected chi connectivity index (χ0v) is 9.58. The second-order valence-corrected chi connectivity index (χ2v) is 4.70. The maximum absolute atomic E-state index is 11.3. The molecule has 1 aromatic carbocycles. The number of hydrogen-bond acceptors (Lipinski definition) is 2. The van der Waals surface area contributed by atoms with Crippen LogP contribution in [0, 0.1) is 13.8 Å². The van der Waals surface area contributed by atoms with E-state index >= 15 is 0 Å². The molecule has 1 fully saturated rings. The van der Waals surface area contributed by atoms with Crippen molar-refractivity contribution in [2.75, 3.05) is 0 Å². The maximum atomic E-state index is 11.3. The van der Waals surface area contributed by atoms with Crippen molar-refractivity contribution < 1.29 is 15.0 Å². The fourth-order valence-electron chi connectivity index (χ4n) is 2.39. The van der Waals surface area contributed by atoms with Gasteiger partial charge in [-0.25, -0.2) is 0 Å². The predicted molar refractivity (Wildman–Crippen MR) is 60.7 cm³/mol. The van der Waals surface area contributed by atoms with Crippen molar-refractivity contribution in [3.05, 3.63) is 28.8 Å². The van der Waals surface area contributed by atoms with E-state index in [0.29, 0.717) is 12.8 Å². The topological polar surface area (TPSA) is 57.5 Å². The number of phenolic OH excluding ortho intramolecular Hbond substituents is 1. The number of aromatic hydroxyl groups is 1. The summed E-state index contributed by atoms with van der Waals surface area (Å²) in [6.07, 6.45) is 2.36. The van der Waals surface area contributed by atoms with E-state index in [9.17, 15) is 15.0 Å². The Hall–Kier alpha value is -1.51. The van der Waals surface area contributed by atoms with Crippen molar-refractivity contribution in [1.29, 1.82) is 0 Å². The lowest BCUT2D eigenvalue weighted by Gasteiger charge is -2.38. The number of aryl methyl sites for hydroxylation is 2. The van der Waals surface area contributed by atoms with E-state index in [1.807, 2.05) is 0 Å². The van der Waals surface area contributed by atoms with Crippen LogP contribution in [0.5, 0.6) is 5.75 Å². The van der Waals surface area contributed by atoms with E-state index in [2.05, 4.69) is 0 Å². The third-order valence-corrected chi connectivity index (χ3v) is 3.66. The van der Waals surface area contributed by atoms with Gasteiger partial charge in [0, 0.05) is 0 Å². The van der Waals surface area contributed by atoms with Crippen LogP contribution in [-0.4, -0.2) is 16.2 Å². The molecule has 0 aromatic heterocycles. The predicted octanol–water partition coefficient (Wildman–Crippen LogP) is 2.52. The van der Waals surface area contributed by atoms with Gasteiger partial charge in [0.05, 0.1) is 5.41 Å². The molecule has 0 amide bonds. The molecule has 0 spiro atoms. The molecule has 86 valence electrons. The first-order valence-electron chi connectivity index (χ1n) is 5.51. The van der Waals surface area contributed by atoms with Crippen LogP contribution in [0.15, 0.2) is 12.1 Å². The molecule has 0 radical (unpaired) electrons. The van der Waals surface area contributed by atoms with Crippen LogP contribution in [0.3, 0.4) is 0 Å². The Kier molecular flexibility index (Phi) is 2.41. The Morgan fingerprint density at radius 1 is 1.25 bits per heavy atom. The Morgan fingerprint density at radius 3 is 2.06 bits per heavy atom. The van der Waals surface area contributed by atoms with Gasteiger partial charge in [0.2, 0.25) is 0 Å². The van der Waals surface area contributed by atoms with E-state index in [1.165, 1.54) is 0 Å². The first-order chi connectivity index (χ1) is 7.47. The van der Waals surface area contributed by atoms with Crippen molar-refractivity contribution in [2.45, 2.75) is 38.5 Å². The standard InChI is InChI=1S/C13H16O3/c1-8-6-10(7-9(2)11(8)14)13(12(15)16)4-3-5-13/h6-7,14H,3-5H2,1-2H3,(H,15,16). The highest BCUT2D eigenvalue weighted by atomic mass is 16.4. The van der Waals surface area contributed by atoms with Gasteiger partial charge in [0.15, 0.2) is 0 Å². The van der Waals surface area contributed by atoms with Crippen LogP contribution in [0.25, 0.3) is 0 Å². The summed E-state index contributed by atoms with van der Waals surface area (Å²) < 4.78 is 0. The molecule has 16 heavy (non-hydrogen) atoms. The molecule has 1 aromatic rings. The summed E-state index contributed by atoms with van der Waals surface area (Å²) in [6.45, 7) is 3.61. The van der Waals surface area contributed by atoms with E-state index in [4.69, 9.17) is 0 Å². The van der Waals surface area contributed by atoms with Gasteiger partial charge in [-0.1, -0.05) is 18.6 Å². The maximum Gasteiger partial charge on any atom is 0.314 e. The van der Waals surface area contributed by atoms with E-state index < -0.39 is 11.4 Å². The molecule has 0 heterocycles. The van der Waals surface area contributed by atoms with E-state index in [-0.39, 0.29) is 5.75 Å². The molecule has 1 saturated carbocycles. The minimum atomic E-state index is -0.747. The normalized spacial score (nSPS) is 17.9. The molecule has 0 unspecified atom stereocenters. The average Bonchev–Trinajstić information content (AvgIpc) is 2.11. The minimum Gasteiger partial charge on any atom is -0.507 e. The number of hydrogen-bond donors (Lipinski definition) is 2. The largest absolute Gasteiger partial charge is 0.507 e. The van der Waals surface area contributed by atoms with Crippen molar-refractivity contribution in [3.8, 4) is 5.75 Å². The third-order valence-electron chi connectivity index (χ3n) is 3.66. The second kappa shape index (κ2) is 3.51. The smallest absolute Gasteiger partial charge is 0.314 e. The SMILES string of the molecule is Cc1cc(C2(C(=O)O)CCC2)cc(C)c1O. The van der Waals surface area contributed by atoms with Gasteiger partial charge in [-0.05, 0) is 43.4 Å². The van der Waals surface area contributed by atoms with Crippen molar-refractivity contribution >= 4 is 5.97 Å². The monoisotopic (exact) mass is 220 g/mol. The molecule has 0 saturated heterocycles. The van der Waals surface area contributed by atoms with Gasteiger partial charge in [-0.2, -0.15) is 0 Å². The molecule has 1 aliphatic rings. The first-order valence-corrected chi connectivity index (χ1v) is 5.51. The molecular weight excluding hydrogens is 204 g/mol. The lowest BCUT2D eigenvalue weighted by atomic mass is 9.64. The molecule has 2 rings (SSSR count). The average molecular weight is 220 g/mol. The van der Waals surface area contributed by atoms with E-state index in [1.54, 1.807) is 26.0 Å². The number of rotatable bonds is 2. The number of carboxylic acid groups (broad SMARTS) is 1. The Labute approximate surface area is 94.7 Å². The highest BCUT2D eigenvalue weighted by Gasteiger charge is 2.46. The van der Waals surface area contributed by atoms with Crippen LogP contribution in [0.2, 0.25) is 0 Å². The zero-order chi connectivity index (χ0) is 11.9. The van der Waals surface area contributed by atoms with Crippen molar-refractivity contribution in [2.24, 2.45) is 0 Å². The highest BCUT2D eigenvalue weighted by Crippen LogP contribution is 2.45. The molecule has 0 bridgehead atoms. The Balaban J connectivity index is 2.52. The minimum absolute atomic E-state index is 0.267. The number of carbonyl (C=O) groups is 1. The van der Waals surface area contributed by atoms with Gasteiger partial charge in [-0.15, -0.1) is 0 Å². The molecule has 2 N–H and O–H groups in total. The Bertz CT molecular complexity index is 421. The fraction of sp³-hybridized carbons (Fsp3) is 0.462. The lowest BCUT2D eigenvalue weighted by molar-refractivity contribution is -0.147. The third kappa shape index (κ3) is 1.39. The molecule has 0 atom stereocenters. The first kappa shape index (κ1) is 11.0. The van der Waals surface area contributed by atoms with Crippen LogP contribution in [0.1, 0.15) is 36.0 Å². The van der Waals surface area contributed by atoms with Crippen LogP contribution >= 0.6 is 0 Å². The number of benzene rings is 1.